The van der Waals surface area contributed by atoms with Crippen molar-refractivity contribution in [2.75, 3.05) is 18.9 Å². The summed E-state index contributed by atoms with van der Waals surface area (Å²) in [4.78, 5) is 15.4. The van der Waals surface area contributed by atoms with Gasteiger partial charge in [0.1, 0.15) is 17.2 Å². The van der Waals surface area contributed by atoms with E-state index in [4.69, 9.17) is 15.0 Å². The number of nitrogens with two attached hydrogens (primary N) is 1. The van der Waals surface area contributed by atoms with Gasteiger partial charge in [-0.3, -0.25) is 4.68 Å². The molecule has 4 heterocycles. The highest BCUT2D eigenvalue weighted by Gasteiger charge is 2.53. The van der Waals surface area contributed by atoms with Gasteiger partial charge in [0.15, 0.2) is 5.76 Å². The Morgan fingerprint density at radius 3 is 2.69 bits per heavy atom. The van der Waals surface area contributed by atoms with E-state index in [9.17, 15) is 18.0 Å². The SMILES string of the molecule is CC(C)n1nc(-c2cc(C3(OC(=O)C(F)(F)F)COC3)on2)c2c(N)nccc21. The number of halogens is 3. The van der Waals surface area contributed by atoms with Crippen molar-refractivity contribution in [1.82, 2.24) is 19.9 Å². The largest absolute Gasteiger partial charge is 0.490 e. The molecule has 0 aliphatic carbocycles. The molecule has 154 valence electrons. The Kier molecular flexibility index (Phi) is 4.26. The van der Waals surface area contributed by atoms with Gasteiger partial charge in [0.25, 0.3) is 0 Å². The Hall–Kier alpha value is -3.15. The Morgan fingerprint density at radius 1 is 1.38 bits per heavy atom. The minimum atomic E-state index is -5.14. The van der Waals surface area contributed by atoms with Crippen molar-refractivity contribution >= 4 is 22.7 Å². The monoisotopic (exact) mass is 411 g/mol. The summed E-state index contributed by atoms with van der Waals surface area (Å²) in [7, 11) is 0. The lowest BCUT2D eigenvalue weighted by atomic mass is 9.97. The maximum Gasteiger partial charge on any atom is 0.490 e. The van der Waals surface area contributed by atoms with Crippen LogP contribution in [0.25, 0.3) is 22.3 Å². The van der Waals surface area contributed by atoms with Crippen LogP contribution in [0.4, 0.5) is 19.0 Å². The van der Waals surface area contributed by atoms with Gasteiger partial charge in [-0.2, -0.15) is 18.3 Å². The lowest BCUT2D eigenvalue weighted by Gasteiger charge is -2.38. The van der Waals surface area contributed by atoms with E-state index >= 15 is 0 Å². The Bertz CT molecular complexity index is 1080. The average Bonchev–Trinajstić information content (AvgIpc) is 3.22. The maximum atomic E-state index is 12.6. The number of esters is 1. The molecule has 4 rings (SSSR count). The summed E-state index contributed by atoms with van der Waals surface area (Å²) in [6.07, 6.45) is -3.59. The molecular formula is C17H16F3N5O4. The lowest BCUT2D eigenvalue weighted by molar-refractivity contribution is -0.255. The van der Waals surface area contributed by atoms with Crippen LogP contribution in [0.3, 0.4) is 0 Å². The number of ether oxygens (including phenoxy) is 2. The number of anilines is 1. The molecule has 0 spiro atoms. The summed E-state index contributed by atoms with van der Waals surface area (Å²) in [6, 6.07) is 3.11. The van der Waals surface area contributed by atoms with Gasteiger partial charge in [-0.05, 0) is 19.9 Å². The van der Waals surface area contributed by atoms with Gasteiger partial charge < -0.3 is 19.7 Å². The van der Waals surface area contributed by atoms with Crippen molar-refractivity contribution in [3.63, 3.8) is 0 Å². The number of nitrogens with zero attached hydrogens (tertiary/aromatic N) is 4. The lowest BCUT2D eigenvalue weighted by Crippen LogP contribution is -2.51. The Morgan fingerprint density at radius 2 is 2.10 bits per heavy atom. The number of hydrogen-bond donors (Lipinski definition) is 1. The second-order valence-electron chi connectivity index (χ2n) is 6.93. The molecule has 1 fully saturated rings. The van der Waals surface area contributed by atoms with Gasteiger partial charge in [-0.25, -0.2) is 9.78 Å². The van der Waals surface area contributed by atoms with Crippen molar-refractivity contribution in [1.29, 1.82) is 0 Å². The normalized spacial score (nSPS) is 16.2. The zero-order chi connectivity index (χ0) is 21.0. The van der Waals surface area contributed by atoms with Crippen molar-refractivity contribution in [3.8, 4) is 11.4 Å². The number of fused-ring (bicyclic) bond motifs is 1. The molecule has 3 aromatic heterocycles. The van der Waals surface area contributed by atoms with E-state index in [0.29, 0.717) is 11.1 Å². The number of rotatable bonds is 4. The van der Waals surface area contributed by atoms with Gasteiger partial charge in [-0.1, -0.05) is 5.16 Å². The Balaban J connectivity index is 1.76. The molecule has 12 heteroatoms. The highest BCUT2D eigenvalue weighted by molar-refractivity contribution is 5.99. The summed E-state index contributed by atoms with van der Waals surface area (Å²) in [6.45, 7) is 3.29. The number of pyridine rings is 1. The van der Waals surface area contributed by atoms with Crippen LogP contribution in [0.5, 0.6) is 0 Å². The molecule has 29 heavy (non-hydrogen) atoms. The summed E-state index contributed by atoms with van der Waals surface area (Å²) < 4.78 is 54.4. The molecule has 0 saturated carbocycles. The topological polar surface area (TPSA) is 118 Å². The van der Waals surface area contributed by atoms with Gasteiger partial charge in [0.2, 0.25) is 5.60 Å². The number of aromatic nitrogens is 4. The zero-order valence-electron chi connectivity index (χ0n) is 15.4. The van der Waals surface area contributed by atoms with Crippen molar-refractivity contribution < 1.29 is 32.0 Å². The fourth-order valence-electron chi connectivity index (χ4n) is 3.06. The molecular weight excluding hydrogens is 395 g/mol. The second-order valence-corrected chi connectivity index (χ2v) is 6.93. The fraction of sp³-hybridized carbons (Fsp3) is 0.412. The van der Waals surface area contributed by atoms with Gasteiger partial charge in [0, 0.05) is 18.3 Å². The first-order valence-electron chi connectivity index (χ1n) is 8.60. The number of carbonyl (C=O) groups excluding carboxylic acids is 1. The van der Waals surface area contributed by atoms with Crippen molar-refractivity contribution in [2.24, 2.45) is 0 Å². The van der Waals surface area contributed by atoms with Crippen LogP contribution in [0.1, 0.15) is 25.6 Å². The fourth-order valence-corrected chi connectivity index (χ4v) is 3.06. The first-order chi connectivity index (χ1) is 13.6. The minimum Gasteiger partial charge on any atom is -0.439 e. The van der Waals surface area contributed by atoms with E-state index in [0.717, 1.165) is 5.52 Å². The predicted octanol–water partition coefficient (Wildman–Crippen LogP) is 2.58. The quantitative estimate of drug-likeness (QED) is 0.651. The number of hydrogen-bond acceptors (Lipinski definition) is 8. The van der Waals surface area contributed by atoms with E-state index in [1.54, 1.807) is 16.9 Å². The molecule has 0 unspecified atom stereocenters. The standard InChI is InChI=1S/C17H16F3N5O4/c1-8(2)25-10-3-4-22-14(21)12(10)13(23-25)9-5-11(29-24-9)16(6-27-7-16)28-15(26)17(18,19)20/h3-5,8H,6-7H2,1-2H3,(H2,21,22). The summed E-state index contributed by atoms with van der Waals surface area (Å²) in [5, 5.41) is 8.95. The smallest absolute Gasteiger partial charge is 0.439 e. The number of alkyl halides is 3. The third-order valence-corrected chi connectivity index (χ3v) is 4.53. The van der Waals surface area contributed by atoms with Crippen LogP contribution in [-0.2, 0) is 19.9 Å². The molecule has 1 aliphatic rings. The molecule has 1 aliphatic heterocycles. The highest BCUT2D eigenvalue weighted by atomic mass is 19.4. The molecule has 0 aromatic carbocycles. The molecule has 0 radical (unpaired) electrons. The van der Waals surface area contributed by atoms with Crippen LogP contribution >= 0.6 is 0 Å². The number of nitrogen functional groups attached to an aromatic ring is 1. The summed E-state index contributed by atoms with van der Waals surface area (Å²) in [5.74, 6) is -2.19. The molecule has 0 amide bonds. The molecule has 3 aromatic rings. The maximum absolute atomic E-state index is 12.6. The second kappa shape index (κ2) is 6.44. The van der Waals surface area contributed by atoms with Crippen molar-refractivity contribution in [2.45, 2.75) is 31.7 Å². The summed E-state index contributed by atoms with van der Waals surface area (Å²) in [5.41, 5.74) is 5.61. The van der Waals surface area contributed by atoms with Crippen LogP contribution < -0.4 is 5.73 Å². The van der Waals surface area contributed by atoms with Crippen LogP contribution in [0.15, 0.2) is 22.9 Å². The first kappa shape index (κ1) is 19.2. The minimum absolute atomic E-state index is 0.00136. The van der Waals surface area contributed by atoms with Gasteiger partial charge in [0.05, 0.1) is 24.1 Å². The van der Waals surface area contributed by atoms with E-state index in [1.165, 1.54) is 6.07 Å². The van der Waals surface area contributed by atoms with Crippen LogP contribution in [0.2, 0.25) is 0 Å². The Labute approximate surface area is 161 Å². The van der Waals surface area contributed by atoms with Crippen LogP contribution in [-0.4, -0.2) is 45.3 Å². The van der Waals surface area contributed by atoms with E-state index in [2.05, 4.69) is 20.0 Å². The predicted molar refractivity (Wildman–Crippen MR) is 92.5 cm³/mol. The van der Waals surface area contributed by atoms with Gasteiger partial charge in [-0.15, -0.1) is 0 Å². The molecule has 0 bridgehead atoms. The molecule has 1 saturated heterocycles. The third kappa shape index (κ3) is 3.09. The van der Waals surface area contributed by atoms with Gasteiger partial charge >= 0.3 is 12.1 Å². The average molecular weight is 411 g/mol. The van der Waals surface area contributed by atoms with E-state index in [-0.39, 0.29) is 36.5 Å². The highest BCUT2D eigenvalue weighted by Crippen LogP contribution is 2.39. The summed E-state index contributed by atoms with van der Waals surface area (Å²) >= 11 is 0. The van der Waals surface area contributed by atoms with E-state index < -0.39 is 17.7 Å². The molecule has 9 nitrogen and oxygen atoms in total. The first-order valence-corrected chi connectivity index (χ1v) is 8.60. The molecule has 0 atom stereocenters. The third-order valence-electron chi connectivity index (χ3n) is 4.53. The zero-order valence-corrected chi connectivity index (χ0v) is 15.4. The number of carbonyl (C=O) groups is 1. The van der Waals surface area contributed by atoms with E-state index in [1.807, 2.05) is 13.8 Å². The molecule has 2 N–H and O–H groups in total. The van der Waals surface area contributed by atoms with Crippen molar-refractivity contribution in [3.05, 3.63) is 24.1 Å². The van der Waals surface area contributed by atoms with Crippen LogP contribution in [0, 0.1) is 0 Å².